The molecule has 1 N–H and O–H groups in total. The first-order valence-electron chi connectivity index (χ1n) is 5.89. The van der Waals surface area contributed by atoms with E-state index in [2.05, 4.69) is 5.10 Å². The molecule has 2 rings (SSSR count). The molecular weight excluding hydrogens is 218 g/mol. The third-order valence-electron chi connectivity index (χ3n) is 3.00. The minimum absolute atomic E-state index is 0.0471. The van der Waals surface area contributed by atoms with E-state index in [4.69, 9.17) is 5.11 Å². The first-order chi connectivity index (χ1) is 7.93. The fraction of sp³-hybridized carbons (Fsp3) is 0.667. The minimum Gasteiger partial charge on any atom is -0.396 e. The van der Waals surface area contributed by atoms with Gasteiger partial charge in [-0.15, -0.1) is 0 Å². The van der Waals surface area contributed by atoms with E-state index in [1.807, 2.05) is 31.5 Å². The van der Waals surface area contributed by atoms with Crippen LogP contribution in [0.15, 0.2) is 12.3 Å². The van der Waals surface area contributed by atoms with Crippen LogP contribution in [0.5, 0.6) is 0 Å². The van der Waals surface area contributed by atoms with E-state index < -0.39 is 0 Å². The lowest BCUT2D eigenvalue weighted by molar-refractivity contribution is -0.117. The van der Waals surface area contributed by atoms with Crippen LogP contribution in [0.4, 0.5) is 5.82 Å². The highest BCUT2D eigenvalue weighted by atomic mass is 16.3. The number of nitrogens with zero attached hydrogens (tertiary/aromatic N) is 3. The predicted octanol–water partition coefficient (Wildman–Crippen LogP) is 0.983. The molecule has 0 spiro atoms. The molecule has 1 aliphatic heterocycles. The Morgan fingerprint density at radius 2 is 2.24 bits per heavy atom. The average Bonchev–Trinajstić information content (AvgIpc) is 2.81. The van der Waals surface area contributed by atoms with Crippen molar-refractivity contribution in [2.75, 3.05) is 18.1 Å². The number of rotatable bonds is 2. The van der Waals surface area contributed by atoms with Gasteiger partial charge in [-0.1, -0.05) is 0 Å². The Labute approximate surface area is 101 Å². The number of aliphatic hydroxyl groups excluding tert-OH is 1. The number of anilines is 1. The van der Waals surface area contributed by atoms with Gasteiger partial charge in [-0.2, -0.15) is 5.10 Å². The first-order valence-corrected chi connectivity index (χ1v) is 5.89. The van der Waals surface area contributed by atoms with Crippen molar-refractivity contribution in [1.29, 1.82) is 0 Å². The number of carbonyl (C=O) groups is 1. The summed E-state index contributed by atoms with van der Waals surface area (Å²) in [5, 5.41) is 13.4. The van der Waals surface area contributed by atoms with E-state index in [1.54, 1.807) is 11.1 Å². The fourth-order valence-electron chi connectivity index (χ4n) is 2.14. The van der Waals surface area contributed by atoms with E-state index in [0.29, 0.717) is 13.0 Å². The predicted molar refractivity (Wildman–Crippen MR) is 64.8 cm³/mol. The summed E-state index contributed by atoms with van der Waals surface area (Å²) in [7, 11) is 0. The SMILES string of the molecule is CC(C)(C)n1nccc1N1CC(CO)CC1=O. The Balaban J connectivity index is 2.30. The molecule has 1 atom stereocenters. The summed E-state index contributed by atoms with van der Waals surface area (Å²) in [6.45, 7) is 6.79. The van der Waals surface area contributed by atoms with Crippen LogP contribution in [0, 0.1) is 5.92 Å². The minimum atomic E-state index is -0.156. The van der Waals surface area contributed by atoms with Crippen LogP contribution in [-0.2, 0) is 10.3 Å². The lowest BCUT2D eigenvalue weighted by Crippen LogP contribution is -2.32. The van der Waals surface area contributed by atoms with Gasteiger partial charge in [-0.25, -0.2) is 4.68 Å². The maximum Gasteiger partial charge on any atom is 0.228 e. The molecule has 1 fully saturated rings. The number of hydrogen-bond acceptors (Lipinski definition) is 3. The summed E-state index contributed by atoms with van der Waals surface area (Å²) in [5.41, 5.74) is -0.156. The van der Waals surface area contributed by atoms with E-state index in [1.165, 1.54) is 0 Å². The molecular formula is C12H19N3O2. The Morgan fingerprint density at radius 3 is 2.76 bits per heavy atom. The van der Waals surface area contributed by atoms with Gasteiger partial charge in [0.05, 0.1) is 11.7 Å². The Bertz CT molecular complexity index is 420. The molecule has 1 amide bonds. The van der Waals surface area contributed by atoms with Gasteiger partial charge in [0.25, 0.3) is 0 Å². The molecule has 5 heteroatoms. The second-order valence-corrected chi connectivity index (χ2v) is 5.53. The quantitative estimate of drug-likeness (QED) is 0.834. The lowest BCUT2D eigenvalue weighted by Gasteiger charge is -2.26. The van der Waals surface area contributed by atoms with Gasteiger partial charge >= 0.3 is 0 Å². The molecule has 94 valence electrons. The van der Waals surface area contributed by atoms with Crippen molar-refractivity contribution in [1.82, 2.24) is 9.78 Å². The third kappa shape index (κ3) is 2.20. The summed E-state index contributed by atoms with van der Waals surface area (Å²) >= 11 is 0. The molecule has 2 heterocycles. The molecule has 0 bridgehead atoms. The third-order valence-corrected chi connectivity index (χ3v) is 3.00. The first kappa shape index (κ1) is 12.1. The standard InChI is InChI=1S/C12H19N3O2/c1-12(2,3)15-10(4-5-13-15)14-7-9(8-16)6-11(14)17/h4-5,9,16H,6-8H2,1-3H3. The highest BCUT2D eigenvalue weighted by molar-refractivity contribution is 5.94. The average molecular weight is 237 g/mol. The number of carbonyl (C=O) groups excluding carboxylic acids is 1. The van der Waals surface area contributed by atoms with E-state index in [0.717, 1.165) is 5.82 Å². The zero-order chi connectivity index (χ0) is 12.6. The van der Waals surface area contributed by atoms with E-state index in [-0.39, 0.29) is 24.0 Å². The van der Waals surface area contributed by atoms with Crippen molar-refractivity contribution in [2.24, 2.45) is 5.92 Å². The van der Waals surface area contributed by atoms with Crippen molar-refractivity contribution in [3.8, 4) is 0 Å². The second-order valence-electron chi connectivity index (χ2n) is 5.53. The molecule has 0 saturated carbocycles. The Kier molecular flexibility index (Phi) is 2.95. The number of amides is 1. The van der Waals surface area contributed by atoms with Crippen molar-refractivity contribution >= 4 is 11.7 Å². The van der Waals surface area contributed by atoms with Crippen LogP contribution >= 0.6 is 0 Å². The van der Waals surface area contributed by atoms with E-state index in [9.17, 15) is 4.79 Å². The summed E-state index contributed by atoms with van der Waals surface area (Å²) in [5.74, 6) is 0.930. The molecule has 5 nitrogen and oxygen atoms in total. The molecule has 1 saturated heterocycles. The van der Waals surface area contributed by atoms with E-state index >= 15 is 0 Å². The summed E-state index contributed by atoms with van der Waals surface area (Å²) < 4.78 is 1.85. The molecule has 17 heavy (non-hydrogen) atoms. The molecule has 0 aromatic carbocycles. The fourth-order valence-corrected chi connectivity index (χ4v) is 2.14. The van der Waals surface area contributed by atoms with Gasteiger partial charge in [0, 0.05) is 31.6 Å². The topological polar surface area (TPSA) is 58.4 Å². The van der Waals surface area contributed by atoms with Gasteiger partial charge in [0.1, 0.15) is 5.82 Å². The summed E-state index contributed by atoms with van der Waals surface area (Å²) in [6, 6.07) is 1.85. The van der Waals surface area contributed by atoms with Crippen molar-refractivity contribution in [3.63, 3.8) is 0 Å². The Morgan fingerprint density at radius 1 is 1.53 bits per heavy atom. The summed E-state index contributed by atoms with van der Waals surface area (Å²) in [6.07, 6.45) is 2.13. The zero-order valence-electron chi connectivity index (χ0n) is 10.6. The van der Waals surface area contributed by atoms with Crippen molar-refractivity contribution in [3.05, 3.63) is 12.3 Å². The normalized spacial score (nSPS) is 21.3. The molecule has 1 aromatic rings. The smallest absolute Gasteiger partial charge is 0.228 e. The Hall–Kier alpha value is -1.36. The second kappa shape index (κ2) is 4.14. The molecule has 1 aliphatic rings. The molecule has 0 aliphatic carbocycles. The lowest BCUT2D eigenvalue weighted by atomic mass is 10.1. The number of aromatic nitrogens is 2. The van der Waals surface area contributed by atoms with Crippen LogP contribution in [0.3, 0.4) is 0 Å². The molecule has 1 aromatic heterocycles. The van der Waals surface area contributed by atoms with Gasteiger partial charge < -0.3 is 5.11 Å². The van der Waals surface area contributed by atoms with Gasteiger partial charge in [0.15, 0.2) is 0 Å². The van der Waals surface area contributed by atoms with Crippen LogP contribution in [0.1, 0.15) is 27.2 Å². The van der Waals surface area contributed by atoms with Gasteiger partial charge in [-0.3, -0.25) is 9.69 Å². The number of aliphatic hydroxyl groups is 1. The summed E-state index contributed by atoms with van der Waals surface area (Å²) in [4.78, 5) is 13.6. The van der Waals surface area contributed by atoms with Crippen molar-refractivity contribution < 1.29 is 9.90 Å². The van der Waals surface area contributed by atoms with Crippen LogP contribution in [0.2, 0.25) is 0 Å². The maximum absolute atomic E-state index is 11.9. The number of hydrogen-bond donors (Lipinski definition) is 1. The highest BCUT2D eigenvalue weighted by Crippen LogP contribution is 2.28. The largest absolute Gasteiger partial charge is 0.396 e. The van der Waals surface area contributed by atoms with Crippen LogP contribution < -0.4 is 4.90 Å². The molecule has 1 unspecified atom stereocenters. The maximum atomic E-state index is 11.9. The highest BCUT2D eigenvalue weighted by Gasteiger charge is 2.33. The zero-order valence-corrected chi connectivity index (χ0v) is 10.6. The van der Waals surface area contributed by atoms with Crippen LogP contribution in [0.25, 0.3) is 0 Å². The monoisotopic (exact) mass is 237 g/mol. The van der Waals surface area contributed by atoms with Gasteiger partial charge in [0.2, 0.25) is 5.91 Å². The van der Waals surface area contributed by atoms with Crippen LogP contribution in [-0.4, -0.2) is 33.9 Å². The molecule has 0 radical (unpaired) electrons. The van der Waals surface area contributed by atoms with Gasteiger partial charge in [-0.05, 0) is 20.8 Å². The van der Waals surface area contributed by atoms with Crippen molar-refractivity contribution in [2.45, 2.75) is 32.7 Å².